The third kappa shape index (κ3) is 8.38. The van der Waals surface area contributed by atoms with Crippen LogP contribution < -0.4 is 0 Å². The molecule has 0 spiro atoms. The number of Topliss-reactive ketones (excluding diaryl/α,β-unsaturated/α-hetero) is 1. The van der Waals surface area contributed by atoms with Crippen molar-refractivity contribution in [2.75, 3.05) is 0 Å². The SMILES string of the molecule is CCCCCCCCCCC1CCC(c2ccc(C(=O)Cc3ccc([N+](=O)[O-])cc3)cc2)CC1. The molecule has 0 aromatic heterocycles. The minimum Gasteiger partial charge on any atom is -0.294 e. The monoisotopic (exact) mass is 463 g/mol. The summed E-state index contributed by atoms with van der Waals surface area (Å²) in [6.07, 6.45) is 18.0. The molecule has 1 saturated carbocycles. The number of hydrogen-bond donors (Lipinski definition) is 0. The first kappa shape index (κ1) is 26.1. The number of hydrogen-bond acceptors (Lipinski definition) is 3. The molecule has 2 aromatic carbocycles. The molecule has 4 heteroatoms. The number of unbranched alkanes of at least 4 members (excludes halogenated alkanes) is 7. The molecule has 0 aliphatic heterocycles. The Labute approximate surface area is 205 Å². The zero-order valence-corrected chi connectivity index (χ0v) is 20.8. The Morgan fingerprint density at radius 3 is 2.00 bits per heavy atom. The van der Waals surface area contributed by atoms with E-state index in [1.54, 1.807) is 12.1 Å². The quantitative estimate of drug-likeness (QED) is 0.122. The number of benzene rings is 2. The van der Waals surface area contributed by atoms with Crippen LogP contribution in [0.4, 0.5) is 5.69 Å². The maximum atomic E-state index is 12.6. The van der Waals surface area contributed by atoms with E-state index in [2.05, 4.69) is 19.1 Å². The number of non-ortho nitro benzene ring substituents is 1. The Balaban J connectivity index is 1.36. The van der Waals surface area contributed by atoms with Crippen LogP contribution in [-0.4, -0.2) is 10.7 Å². The van der Waals surface area contributed by atoms with Crippen molar-refractivity contribution < 1.29 is 9.72 Å². The fourth-order valence-corrected chi connectivity index (χ4v) is 5.32. The van der Waals surface area contributed by atoms with Crippen molar-refractivity contribution >= 4 is 11.5 Å². The van der Waals surface area contributed by atoms with Crippen molar-refractivity contribution in [1.82, 2.24) is 0 Å². The lowest BCUT2D eigenvalue weighted by Gasteiger charge is -2.29. The van der Waals surface area contributed by atoms with E-state index in [1.807, 2.05) is 12.1 Å². The van der Waals surface area contributed by atoms with Crippen LogP contribution in [0.15, 0.2) is 48.5 Å². The average Bonchev–Trinajstić information content (AvgIpc) is 2.86. The van der Waals surface area contributed by atoms with Gasteiger partial charge in [-0.05, 0) is 48.6 Å². The highest BCUT2D eigenvalue weighted by atomic mass is 16.6. The fraction of sp³-hybridized carbons (Fsp3) is 0.567. The van der Waals surface area contributed by atoms with Gasteiger partial charge in [-0.15, -0.1) is 0 Å². The topological polar surface area (TPSA) is 60.2 Å². The second-order valence-electron chi connectivity index (χ2n) is 10.1. The first-order chi connectivity index (χ1) is 16.6. The molecular formula is C30H41NO3. The highest BCUT2D eigenvalue weighted by molar-refractivity contribution is 5.97. The molecule has 2 aromatic rings. The minimum absolute atomic E-state index is 0.0491. The summed E-state index contributed by atoms with van der Waals surface area (Å²) in [4.78, 5) is 23.0. The number of nitro groups is 1. The number of ketones is 1. The normalized spacial score (nSPS) is 18.0. The number of nitrogens with zero attached hydrogens (tertiary/aromatic N) is 1. The van der Waals surface area contributed by atoms with Crippen molar-refractivity contribution in [3.63, 3.8) is 0 Å². The van der Waals surface area contributed by atoms with Gasteiger partial charge in [-0.2, -0.15) is 0 Å². The van der Waals surface area contributed by atoms with Crippen LogP contribution in [0.2, 0.25) is 0 Å². The average molecular weight is 464 g/mol. The molecule has 0 atom stereocenters. The summed E-state index contributed by atoms with van der Waals surface area (Å²) < 4.78 is 0. The zero-order valence-electron chi connectivity index (χ0n) is 20.8. The van der Waals surface area contributed by atoms with E-state index in [0.717, 1.165) is 11.5 Å². The Bertz CT molecular complexity index is 880. The maximum Gasteiger partial charge on any atom is 0.269 e. The first-order valence-corrected chi connectivity index (χ1v) is 13.4. The molecule has 0 N–H and O–H groups in total. The van der Waals surface area contributed by atoms with E-state index in [-0.39, 0.29) is 17.9 Å². The molecule has 34 heavy (non-hydrogen) atoms. The van der Waals surface area contributed by atoms with Gasteiger partial charge in [-0.3, -0.25) is 14.9 Å². The van der Waals surface area contributed by atoms with Gasteiger partial charge in [0.1, 0.15) is 0 Å². The lowest BCUT2D eigenvalue weighted by molar-refractivity contribution is -0.384. The van der Waals surface area contributed by atoms with Crippen molar-refractivity contribution in [1.29, 1.82) is 0 Å². The van der Waals surface area contributed by atoms with E-state index in [9.17, 15) is 14.9 Å². The fourth-order valence-electron chi connectivity index (χ4n) is 5.32. The molecule has 4 nitrogen and oxygen atoms in total. The number of rotatable bonds is 14. The van der Waals surface area contributed by atoms with Crippen molar-refractivity contribution in [3.8, 4) is 0 Å². The van der Waals surface area contributed by atoms with Crippen LogP contribution in [0.3, 0.4) is 0 Å². The summed E-state index contributed by atoms with van der Waals surface area (Å²) in [6.45, 7) is 2.28. The molecule has 0 radical (unpaired) electrons. The van der Waals surface area contributed by atoms with Crippen LogP contribution in [0, 0.1) is 16.0 Å². The summed E-state index contributed by atoms with van der Waals surface area (Å²) in [7, 11) is 0. The largest absolute Gasteiger partial charge is 0.294 e. The summed E-state index contributed by atoms with van der Waals surface area (Å²) in [5.41, 5.74) is 2.92. The molecular weight excluding hydrogens is 422 g/mol. The van der Waals surface area contributed by atoms with Gasteiger partial charge in [-0.25, -0.2) is 0 Å². The van der Waals surface area contributed by atoms with Gasteiger partial charge in [-0.1, -0.05) is 101 Å². The van der Waals surface area contributed by atoms with Gasteiger partial charge in [0.15, 0.2) is 5.78 Å². The summed E-state index contributed by atoms with van der Waals surface area (Å²) in [5, 5.41) is 10.8. The zero-order chi connectivity index (χ0) is 24.2. The highest BCUT2D eigenvalue weighted by Crippen LogP contribution is 2.38. The Morgan fingerprint density at radius 1 is 0.824 bits per heavy atom. The van der Waals surface area contributed by atoms with Crippen molar-refractivity contribution in [3.05, 3.63) is 75.3 Å². The van der Waals surface area contributed by atoms with Crippen LogP contribution in [0.5, 0.6) is 0 Å². The second-order valence-corrected chi connectivity index (χ2v) is 10.1. The van der Waals surface area contributed by atoms with E-state index in [4.69, 9.17) is 0 Å². The van der Waals surface area contributed by atoms with Crippen LogP contribution in [0.1, 0.15) is 118 Å². The number of carbonyl (C=O) groups is 1. The first-order valence-electron chi connectivity index (χ1n) is 13.4. The maximum absolute atomic E-state index is 12.6. The second kappa shape index (κ2) is 14.0. The molecule has 1 fully saturated rings. The third-order valence-electron chi connectivity index (χ3n) is 7.53. The predicted molar refractivity (Wildman–Crippen MR) is 139 cm³/mol. The van der Waals surface area contributed by atoms with Gasteiger partial charge < -0.3 is 0 Å². The Morgan fingerprint density at radius 2 is 1.41 bits per heavy atom. The molecule has 0 saturated heterocycles. The molecule has 184 valence electrons. The molecule has 0 amide bonds. The molecule has 0 bridgehead atoms. The number of carbonyl (C=O) groups excluding carboxylic acids is 1. The molecule has 1 aliphatic carbocycles. The van der Waals surface area contributed by atoms with Crippen LogP contribution in [0.25, 0.3) is 0 Å². The third-order valence-corrected chi connectivity index (χ3v) is 7.53. The number of nitro benzene ring substituents is 1. The van der Waals surface area contributed by atoms with Gasteiger partial charge in [0.2, 0.25) is 0 Å². The lowest BCUT2D eigenvalue weighted by Crippen LogP contribution is -2.13. The molecule has 0 unspecified atom stereocenters. The summed E-state index contributed by atoms with van der Waals surface area (Å²) >= 11 is 0. The standard InChI is InChI=1S/C30H41NO3/c1-2-3-4-5-6-7-8-9-10-24-11-15-26(16-12-24)27-17-19-28(20-18-27)30(32)23-25-13-21-29(22-14-25)31(33)34/h13-14,17-22,24,26H,2-12,15-16,23H2,1H3. The molecule has 1 aliphatic rings. The lowest BCUT2D eigenvalue weighted by atomic mass is 9.77. The molecule has 3 rings (SSSR count). The minimum atomic E-state index is -0.422. The van der Waals surface area contributed by atoms with Crippen molar-refractivity contribution in [2.24, 2.45) is 5.92 Å². The molecule has 0 heterocycles. The van der Waals surface area contributed by atoms with E-state index >= 15 is 0 Å². The Hall–Kier alpha value is -2.49. The highest BCUT2D eigenvalue weighted by Gasteiger charge is 2.22. The van der Waals surface area contributed by atoms with Crippen LogP contribution in [-0.2, 0) is 6.42 Å². The van der Waals surface area contributed by atoms with Gasteiger partial charge in [0.05, 0.1) is 4.92 Å². The smallest absolute Gasteiger partial charge is 0.269 e. The summed E-state index contributed by atoms with van der Waals surface area (Å²) in [6, 6.07) is 14.4. The van der Waals surface area contributed by atoms with Gasteiger partial charge >= 0.3 is 0 Å². The predicted octanol–water partition coefficient (Wildman–Crippen LogP) is 8.82. The van der Waals surface area contributed by atoms with E-state index in [1.165, 1.54) is 101 Å². The van der Waals surface area contributed by atoms with E-state index in [0.29, 0.717) is 11.5 Å². The van der Waals surface area contributed by atoms with Gasteiger partial charge in [0.25, 0.3) is 5.69 Å². The van der Waals surface area contributed by atoms with Gasteiger partial charge in [0, 0.05) is 24.1 Å². The summed E-state index contributed by atoms with van der Waals surface area (Å²) in [5.74, 6) is 1.57. The Kier molecular flexibility index (Phi) is 10.8. The van der Waals surface area contributed by atoms with E-state index < -0.39 is 4.92 Å². The van der Waals surface area contributed by atoms with Crippen LogP contribution >= 0.6 is 0 Å². The van der Waals surface area contributed by atoms with Crippen molar-refractivity contribution in [2.45, 2.75) is 103 Å².